The van der Waals surface area contributed by atoms with Crippen LogP contribution in [0, 0.1) is 6.92 Å². The van der Waals surface area contributed by atoms with Gasteiger partial charge in [0, 0.05) is 39.0 Å². The third-order valence-electron chi connectivity index (χ3n) is 4.35. The molecule has 2 aliphatic rings. The van der Waals surface area contributed by atoms with E-state index in [1.165, 1.54) is 24.0 Å². The lowest BCUT2D eigenvalue weighted by Gasteiger charge is -2.33. The summed E-state index contributed by atoms with van der Waals surface area (Å²) in [5, 5.41) is 3.54. The monoisotopic (exact) mass is 275 g/mol. The maximum atomic E-state index is 5.43. The largest absolute Gasteiger partial charge is 0.381 e. The Bertz CT molecular complexity index is 451. The van der Waals surface area contributed by atoms with Gasteiger partial charge in [0.25, 0.3) is 0 Å². The van der Waals surface area contributed by atoms with Crippen molar-refractivity contribution in [2.24, 2.45) is 0 Å². The van der Waals surface area contributed by atoms with E-state index < -0.39 is 0 Å². The second kappa shape index (κ2) is 6.10. The molecule has 1 aliphatic heterocycles. The SMILES string of the molecule is COC1CCN(c2ncc(CNC3CC3)cc2C)CC1. The molecule has 1 saturated heterocycles. The van der Waals surface area contributed by atoms with Crippen molar-refractivity contribution in [3.63, 3.8) is 0 Å². The molecule has 2 fully saturated rings. The van der Waals surface area contributed by atoms with Crippen LogP contribution in [0.4, 0.5) is 5.82 Å². The van der Waals surface area contributed by atoms with Crippen LogP contribution in [0.15, 0.2) is 12.3 Å². The molecule has 0 amide bonds. The van der Waals surface area contributed by atoms with Gasteiger partial charge in [0.05, 0.1) is 6.10 Å². The lowest BCUT2D eigenvalue weighted by molar-refractivity contribution is 0.0818. The van der Waals surface area contributed by atoms with Crippen LogP contribution in [-0.2, 0) is 11.3 Å². The number of nitrogens with one attached hydrogen (secondary N) is 1. The minimum atomic E-state index is 0.425. The second-order valence-electron chi connectivity index (χ2n) is 6.06. The van der Waals surface area contributed by atoms with Crippen molar-refractivity contribution in [3.05, 3.63) is 23.4 Å². The first-order valence-corrected chi connectivity index (χ1v) is 7.73. The first-order valence-electron chi connectivity index (χ1n) is 7.73. The van der Waals surface area contributed by atoms with Crippen LogP contribution in [0.5, 0.6) is 0 Å². The van der Waals surface area contributed by atoms with E-state index in [1.807, 2.05) is 13.3 Å². The zero-order valence-electron chi connectivity index (χ0n) is 12.6. The van der Waals surface area contributed by atoms with Crippen molar-refractivity contribution in [1.82, 2.24) is 10.3 Å². The molecule has 4 heteroatoms. The average Bonchev–Trinajstić information content (AvgIpc) is 3.30. The smallest absolute Gasteiger partial charge is 0.131 e. The molecular formula is C16H25N3O. The summed E-state index contributed by atoms with van der Waals surface area (Å²) < 4.78 is 5.43. The van der Waals surface area contributed by atoms with Gasteiger partial charge in [-0.1, -0.05) is 0 Å². The second-order valence-corrected chi connectivity index (χ2v) is 6.06. The topological polar surface area (TPSA) is 37.4 Å². The fraction of sp³-hybridized carbons (Fsp3) is 0.688. The first-order chi connectivity index (χ1) is 9.76. The standard InChI is InChI=1S/C16H25N3O/c1-12-9-13(10-17-14-3-4-14)11-18-16(12)19-7-5-15(20-2)6-8-19/h9,11,14-15,17H,3-8,10H2,1-2H3. The van der Waals surface area contributed by atoms with Crippen molar-refractivity contribution < 1.29 is 4.74 Å². The Morgan fingerprint density at radius 3 is 2.65 bits per heavy atom. The van der Waals surface area contributed by atoms with Gasteiger partial charge < -0.3 is 15.0 Å². The van der Waals surface area contributed by atoms with E-state index in [2.05, 4.69) is 23.2 Å². The van der Waals surface area contributed by atoms with Gasteiger partial charge in [-0.25, -0.2) is 4.98 Å². The Kier molecular flexibility index (Phi) is 4.22. The molecule has 4 nitrogen and oxygen atoms in total. The number of methoxy groups -OCH3 is 1. The number of nitrogens with zero attached hydrogens (tertiary/aromatic N) is 2. The molecule has 1 aromatic heterocycles. The summed E-state index contributed by atoms with van der Waals surface area (Å²) >= 11 is 0. The summed E-state index contributed by atoms with van der Waals surface area (Å²) in [6.07, 6.45) is 7.32. The van der Waals surface area contributed by atoms with E-state index in [4.69, 9.17) is 9.72 Å². The molecule has 1 N–H and O–H groups in total. The number of hydrogen-bond acceptors (Lipinski definition) is 4. The van der Waals surface area contributed by atoms with Crippen LogP contribution < -0.4 is 10.2 Å². The minimum Gasteiger partial charge on any atom is -0.381 e. The highest BCUT2D eigenvalue weighted by molar-refractivity contribution is 5.47. The van der Waals surface area contributed by atoms with E-state index in [-0.39, 0.29) is 0 Å². The van der Waals surface area contributed by atoms with Gasteiger partial charge >= 0.3 is 0 Å². The van der Waals surface area contributed by atoms with E-state index in [1.54, 1.807) is 0 Å². The fourth-order valence-electron chi connectivity index (χ4n) is 2.91. The molecule has 0 aromatic carbocycles. The molecule has 20 heavy (non-hydrogen) atoms. The Hall–Kier alpha value is -1.13. The highest BCUT2D eigenvalue weighted by atomic mass is 16.5. The van der Waals surface area contributed by atoms with Crippen LogP contribution in [0.2, 0.25) is 0 Å². The van der Waals surface area contributed by atoms with Crippen LogP contribution in [0.1, 0.15) is 36.8 Å². The lowest BCUT2D eigenvalue weighted by atomic mass is 10.1. The number of anilines is 1. The van der Waals surface area contributed by atoms with E-state index in [9.17, 15) is 0 Å². The van der Waals surface area contributed by atoms with Crippen molar-refractivity contribution in [1.29, 1.82) is 0 Å². The summed E-state index contributed by atoms with van der Waals surface area (Å²) in [6.45, 7) is 5.22. The van der Waals surface area contributed by atoms with Crippen LogP contribution >= 0.6 is 0 Å². The number of hydrogen-bond donors (Lipinski definition) is 1. The highest BCUT2D eigenvalue weighted by Gasteiger charge is 2.22. The highest BCUT2D eigenvalue weighted by Crippen LogP contribution is 2.24. The third kappa shape index (κ3) is 3.30. The predicted molar refractivity (Wildman–Crippen MR) is 81.1 cm³/mol. The van der Waals surface area contributed by atoms with Gasteiger partial charge in [-0.2, -0.15) is 0 Å². The van der Waals surface area contributed by atoms with Crippen LogP contribution in [0.25, 0.3) is 0 Å². The van der Waals surface area contributed by atoms with Gasteiger partial charge in [-0.3, -0.25) is 0 Å². The summed E-state index contributed by atoms with van der Waals surface area (Å²) in [5.41, 5.74) is 2.58. The van der Waals surface area contributed by atoms with Gasteiger partial charge in [0.1, 0.15) is 5.82 Å². The van der Waals surface area contributed by atoms with Crippen molar-refractivity contribution in [2.45, 2.75) is 51.3 Å². The molecular weight excluding hydrogens is 250 g/mol. The van der Waals surface area contributed by atoms with Crippen molar-refractivity contribution >= 4 is 5.82 Å². The summed E-state index contributed by atoms with van der Waals surface area (Å²) in [6, 6.07) is 3.03. The van der Waals surface area contributed by atoms with Gasteiger partial charge in [0.2, 0.25) is 0 Å². The normalized spacial score (nSPS) is 20.4. The number of pyridine rings is 1. The van der Waals surface area contributed by atoms with Crippen molar-refractivity contribution in [3.8, 4) is 0 Å². The Morgan fingerprint density at radius 2 is 2.05 bits per heavy atom. The molecule has 0 radical (unpaired) electrons. The minimum absolute atomic E-state index is 0.425. The number of ether oxygens (including phenoxy) is 1. The Balaban J connectivity index is 1.61. The Labute approximate surface area is 121 Å². The number of aromatic nitrogens is 1. The summed E-state index contributed by atoms with van der Waals surface area (Å²) in [5.74, 6) is 1.15. The number of rotatable bonds is 5. The Morgan fingerprint density at radius 1 is 1.30 bits per heavy atom. The van der Waals surface area contributed by atoms with Gasteiger partial charge in [-0.05, 0) is 49.8 Å². The molecule has 1 aliphatic carbocycles. The number of piperidine rings is 1. The molecule has 0 spiro atoms. The zero-order chi connectivity index (χ0) is 13.9. The van der Waals surface area contributed by atoms with Gasteiger partial charge in [-0.15, -0.1) is 0 Å². The number of aryl methyl sites for hydroxylation is 1. The maximum Gasteiger partial charge on any atom is 0.131 e. The maximum absolute atomic E-state index is 5.43. The van der Waals surface area contributed by atoms with E-state index >= 15 is 0 Å². The summed E-state index contributed by atoms with van der Waals surface area (Å²) in [7, 11) is 1.81. The van der Waals surface area contributed by atoms with Crippen LogP contribution in [0.3, 0.4) is 0 Å². The molecule has 110 valence electrons. The first kappa shape index (κ1) is 13.8. The predicted octanol–water partition coefficient (Wildman–Crippen LogP) is 2.26. The lowest BCUT2D eigenvalue weighted by Crippen LogP contribution is -2.37. The average molecular weight is 275 g/mol. The molecule has 0 bridgehead atoms. The quantitative estimate of drug-likeness (QED) is 0.894. The van der Waals surface area contributed by atoms with Gasteiger partial charge in [0.15, 0.2) is 0 Å². The van der Waals surface area contributed by atoms with Crippen LogP contribution in [-0.4, -0.2) is 37.3 Å². The van der Waals surface area contributed by atoms with E-state index in [0.29, 0.717) is 6.10 Å². The van der Waals surface area contributed by atoms with Crippen molar-refractivity contribution in [2.75, 3.05) is 25.1 Å². The molecule has 0 unspecified atom stereocenters. The molecule has 1 saturated carbocycles. The molecule has 2 heterocycles. The fourth-order valence-corrected chi connectivity index (χ4v) is 2.91. The zero-order valence-corrected chi connectivity index (χ0v) is 12.6. The molecule has 3 rings (SSSR count). The summed E-state index contributed by atoms with van der Waals surface area (Å²) in [4.78, 5) is 7.09. The van der Waals surface area contributed by atoms with E-state index in [0.717, 1.165) is 44.3 Å². The molecule has 1 aromatic rings. The third-order valence-corrected chi connectivity index (χ3v) is 4.35. The molecule has 0 atom stereocenters.